The summed E-state index contributed by atoms with van der Waals surface area (Å²) in [6.07, 6.45) is 6.26. The number of carbonyl (C=O) groups is 1. The van der Waals surface area contributed by atoms with E-state index in [1.807, 2.05) is 0 Å². The van der Waals surface area contributed by atoms with Gasteiger partial charge < -0.3 is 10.0 Å². The first-order valence-corrected chi connectivity index (χ1v) is 6.40. The predicted octanol–water partition coefficient (Wildman–Crippen LogP) is 2.19. The third-order valence-corrected chi connectivity index (χ3v) is 3.09. The molecule has 2 rings (SSSR count). The number of rotatable bonds is 6. The quantitative estimate of drug-likeness (QED) is 0.837. The molecule has 1 aliphatic rings. The maximum absolute atomic E-state index is 11.2. The molecule has 0 saturated heterocycles. The van der Waals surface area contributed by atoms with E-state index in [9.17, 15) is 4.79 Å². The second-order valence-electron chi connectivity index (χ2n) is 5.14. The Kier molecular flexibility index (Phi) is 3.79. The molecule has 1 aliphatic carbocycles. The van der Waals surface area contributed by atoms with Crippen LogP contribution in [0.5, 0.6) is 0 Å². The summed E-state index contributed by atoms with van der Waals surface area (Å²) in [5.74, 6) is 0.109. The maximum Gasteiger partial charge on any atom is 0.358 e. The Bertz CT molecular complexity index is 430. The lowest BCUT2D eigenvalue weighted by Gasteiger charge is -2.25. The van der Waals surface area contributed by atoms with Crippen LogP contribution >= 0.6 is 0 Å². The fourth-order valence-electron chi connectivity index (χ4n) is 1.94. The molecule has 1 aromatic rings. The molecule has 98 valence electrons. The molecule has 0 radical (unpaired) electrons. The number of aromatic carboxylic acids is 1. The number of anilines is 1. The molecule has 1 aromatic heterocycles. The smallest absolute Gasteiger partial charge is 0.358 e. The molecule has 1 saturated carbocycles. The highest BCUT2D eigenvalue weighted by Gasteiger charge is 2.32. The van der Waals surface area contributed by atoms with Gasteiger partial charge in [0.1, 0.15) is 0 Å². The number of aromatic nitrogens is 2. The van der Waals surface area contributed by atoms with Crippen molar-refractivity contribution in [1.29, 1.82) is 0 Å². The summed E-state index contributed by atoms with van der Waals surface area (Å²) in [4.78, 5) is 21.4. The zero-order valence-electron chi connectivity index (χ0n) is 10.8. The van der Waals surface area contributed by atoms with Crippen LogP contribution in [0, 0.1) is 5.92 Å². The molecule has 0 aliphatic heterocycles. The summed E-state index contributed by atoms with van der Waals surface area (Å²) in [6.45, 7) is 5.18. The monoisotopic (exact) mass is 249 g/mol. The van der Waals surface area contributed by atoms with E-state index in [0.29, 0.717) is 17.8 Å². The maximum atomic E-state index is 11.2. The predicted molar refractivity (Wildman–Crippen MR) is 68.8 cm³/mol. The molecule has 0 unspecified atom stereocenters. The van der Waals surface area contributed by atoms with Gasteiger partial charge in [-0.25, -0.2) is 14.8 Å². The average Bonchev–Trinajstić information content (AvgIpc) is 3.14. The highest BCUT2D eigenvalue weighted by Crippen LogP contribution is 2.32. The van der Waals surface area contributed by atoms with Crippen LogP contribution in [0.15, 0.2) is 12.4 Å². The van der Waals surface area contributed by atoms with E-state index in [-0.39, 0.29) is 5.69 Å². The molecule has 5 heteroatoms. The number of hydrogen-bond donors (Lipinski definition) is 1. The second kappa shape index (κ2) is 5.33. The Morgan fingerprint density at radius 1 is 1.44 bits per heavy atom. The standard InChI is InChI=1S/C13H19N3O2/c1-9(2)5-8-16(10-3-4-10)12-11(13(17)18)14-6-7-15-12/h6-7,9-10H,3-5,8H2,1-2H3,(H,17,18). The van der Waals surface area contributed by atoms with E-state index < -0.39 is 5.97 Å². The van der Waals surface area contributed by atoms with E-state index >= 15 is 0 Å². The van der Waals surface area contributed by atoms with Crippen molar-refractivity contribution in [2.24, 2.45) is 5.92 Å². The molecule has 5 nitrogen and oxygen atoms in total. The van der Waals surface area contributed by atoms with Crippen molar-refractivity contribution in [3.05, 3.63) is 18.1 Å². The second-order valence-corrected chi connectivity index (χ2v) is 5.14. The van der Waals surface area contributed by atoms with Gasteiger partial charge in [-0.05, 0) is 25.2 Å². The molecule has 1 fully saturated rings. The van der Waals surface area contributed by atoms with Crippen molar-refractivity contribution in [1.82, 2.24) is 9.97 Å². The average molecular weight is 249 g/mol. The summed E-state index contributed by atoms with van der Waals surface area (Å²) in [5, 5.41) is 9.16. The van der Waals surface area contributed by atoms with Gasteiger partial charge >= 0.3 is 5.97 Å². The lowest BCUT2D eigenvalue weighted by molar-refractivity contribution is 0.0690. The van der Waals surface area contributed by atoms with Crippen molar-refractivity contribution >= 4 is 11.8 Å². The Morgan fingerprint density at radius 2 is 2.11 bits per heavy atom. The van der Waals surface area contributed by atoms with Gasteiger partial charge in [0.05, 0.1) is 0 Å². The number of nitrogens with zero attached hydrogens (tertiary/aromatic N) is 3. The van der Waals surface area contributed by atoms with E-state index in [0.717, 1.165) is 25.8 Å². The minimum absolute atomic E-state index is 0.0631. The summed E-state index contributed by atoms with van der Waals surface area (Å²) >= 11 is 0. The van der Waals surface area contributed by atoms with Gasteiger partial charge in [-0.3, -0.25) is 0 Å². The van der Waals surface area contributed by atoms with Gasteiger partial charge in [0.15, 0.2) is 11.5 Å². The van der Waals surface area contributed by atoms with Crippen LogP contribution in [-0.2, 0) is 0 Å². The van der Waals surface area contributed by atoms with Crippen LogP contribution in [0.1, 0.15) is 43.6 Å². The first-order valence-electron chi connectivity index (χ1n) is 6.40. The van der Waals surface area contributed by atoms with Crippen molar-refractivity contribution in [2.75, 3.05) is 11.4 Å². The van der Waals surface area contributed by atoms with Crippen molar-refractivity contribution < 1.29 is 9.90 Å². The molecule has 0 amide bonds. The van der Waals surface area contributed by atoms with Crippen LogP contribution in [0.2, 0.25) is 0 Å². The molecule has 0 bridgehead atoms. The fourth-order valence-corrected chi connectivity index (χ4v) is 1.94. The van der Waals surface area contributed by atoms with Crippen LogP contribution in [0.3, 0.4) is 0 Å². The van der Waals surface area contributed by atoms with Gasteiger partial charge in [-0.1, -0.05) is 13.8 Å². The van der Waals surface area contributed by atoms with Gasteiger partial charge in [0, 0.05) is 25.0 Å². The topological polar surface area (TPSA) is 66.3 Å². The number of hydrogen-bond acceptors (Lipinski definition) is 4. The minimum atomic E-state index is -1.01. The summed E-state index contributed by atoms with van der Waals surface area (Å²) in [5.41, 5.74) is 0.0631. The van der Waals surface area contributed by atoms with Crippen molar-refractivity contribution in [3.8, 4) is 0 Å². The minimum Gasteiger partial charge on any atom is -0.476 e. The SMILES string of the molecule is CC(C)CCN(c1nccnc1C(=O)O)C1CC1. The molecular weight excluding hydrogens is 230 g/mol. The van der Waals surface area contributed by atoms with Gasteiger partial charge in [-0.15, -0.1) is 0 Å². The van der Waals surface area contributed by atoms with Gasteiger partial charge in [0.25, 0.3) is 0 Å². The highest BCUT2D eigenvalue weighted by atomic mass is 16.4. The third-order valence-electron chi connectivity index (χ3n) is 3.09. The van der Waals surface area contributed by atoms with Gasteiger partial charge in [-0.2, -0.15) is 0 Å². The Balaban J connectivity index is 2.22. The zero-order valence-corrected chi connectivity index (χ0v) is 10.8. The van der Waals surface area contributed by atoms with Crippen molar-refractivity contribution in [2.45, 2.75) is 39.2 Å². The molecule has 1 N–H and O–H groups in total. The van der Waals surface area contributed by atoms with Crippen LogP contribution in [0.4, 0.5) is 5.82 Å². The lowest BCUT2D eigenvalue weighted by Crippen LogP contribution is -2.30. The zero-order chi connectivity index (χ0) is 13.1. The lowest BCUT2D eigenvalue weighted by atomic mass is 10.1. The number of carboxylic acid groups (broad SMARTS) is 1. The van der Waals surface area contributed by atoms with Crippen LogP contribution < -0.4 is 4.90 Å². The van der Waals surface area contributed by atoms with E-state index in [4.69, 9.17) is 5.11 Å². The fraction of sp³-hybridized carbons (Fsp3) is 0.615. The molecule has 1 heterocycles. The van der Waals surface area contributed by atoms with Crippen molar-refractivity contribution in [3.63, 3.8) is 0 Å². The van der Waals surface area contributed by atoms with E-state index in [1.165, 1.54) is 6.20 Å². The van der Waals surface area contributed by atoms with Gasteiger partial charge in [0.2, 0.25) is 0 Å². The molecule has 0 atom stereocenters. The molecular formula is C13H19N3O2. The molecule has 18 heavy (non-hydrogen) atoms. The van der Waals surface area contributed by atoms with Crippen LogP contribution in [0.25, 0.3) is 0 Å². The third kappa shape index (κ3) is 2.97. The molecule has 0 spiro atoms. The van der Waals surface area contributed by atoms with E-state index in [1.54, 1.807) is 6.20 Å². The summed E-state index contributed by atoms with van der Waals surface area (Å²) in [6, 6.07) is 0.443. The number of carboxylic acids is 1. The summed E-state index contributed by atoms with van der Waals surface area (Å²) in [7, 11) is 0. The largest absolute Gasteiger partial charge is 0.476 e. The van der Waals surface area contributed by atoms with E-state index in [2.05, 4.69) is 28.7 Å². The first kappa shape index (κ1) is 12.8. The van der Waals surface area contributed by atoms with Crippen LogP contribution in [-0.4, -0.2) is 33.6 Å². The highest BCUT2D eigenvalue weighted by molar-refractivity contribution is 5.91. The Hall–Kier alpha value is -1.65. The normalized spacial score (nSPS) is 14.8. The Morgan fingerprint density at radius 3 is 2.67 bits per heavy atom. The first-order chi connectivity index (χ1) is 8.59. The summed E-state index contributed by atoms with van der Waals surface area (Å²) < 4.78 is 0. The molecule has 0 aromatic carbocycles. The Labute approximate surface area is 107 Å².